The number of rotatable bonds is 8. The zero-order valence-corrected chi connectivity index (χ0v) is 16.1. The third-order valence-electron chi connectivity index (χ3n) is 4.02. The van der Waals surface area contributed by atoms with Crippen LogP contribution in [0.4, 0.5) is 5.69 Å². The fraction of sp³-hybridized carbons (Fsp3) is 0.143. The molecular weight excluding hydrogens is 390 g/mol. The highest BCUT2D eigenvalue weighted by Crippen LogP contribution is 2.30. The van der Waals surface area contributed by atoms with Gasteiger partial charge < -0.3 is 19.6 Å². The van der Waals surface area contributed by atoms with Gasteiger partial charge >= 0.3 is 11.2 Å². The van der Waals surface area contributed by atoms with Gasteiger partial charge in [-0.15, -0.1) is 0 Å². The van der Waals surface area contributed by atoms with Gasteiger partial charge in [-0.2, -0.15) is 4.98 Å². The van der Waals surface area contributed by atoms with E-state index in [-0.39, 0.29) is 5.82 Å². The maximum atomic E-state index is 11.7. The molecule has 3 aromatic rings. The first-order valence-corrected chi connectivity index (χ1v) is 9.07. The summed E-state index contributed by atoms with van der Waals surface area (Å²) in [7, 11) is 0. The molecule has 0 amide bonds. The molecule has 1 aromatic heterocycles. The molecule has 0 aliphatic rings. The summed E-state index contributed by atoms with van der Waals surface area (Å²) >= 11 is 0. The Kier molecular flexibility index (Phi) is 6.43. The Morgan fingerprint density at radius 1 is 1.13 bits per heavy atom. The molecule has 0 aliphatic heterocycles. The number of nitro groups is 1. The zero-order chi connectivity index (χ0) is 21.5. The van der Waals surface area contributed by atoms with Crippen molar-refractivity contribution in [2.24, 2.45) is 0 Å². The number of aromatic hydroxyl groups is 1. The highest BCUT2D eigenvalue weighted by atomic mass is 16.6. The van der Waals surface area contributed by atoms with Crippen LogP contribution in [0.2, 0.25) is 0 Å². The van der Waals surface area contributed by atoms with Gasteiger partial charge in [0.05, 0.1) is 11.5 Å². The molecule has 0 atom stereocenters. The number of hydrogen-bond donors (Lipinski definition) is 2. The molecule has 154 valence electrons. The number of aromatic amines is 1. The van der Waals surface area contributed by atoms with Crippen molar-refractivity contribution < 1.29 is 19.5 Å². The average molecular weight is 409 g/mol. The number of aromatic nitrogens is 2. The summed E-state index contributed by atoms with van der Waals surface area (Å²) in [4.78, 5) is 27.4. The highest BCUT2D eigenvalue weighted by molar-refractivity contribution is 5.68. The summed E-state index contributed by atoms with van der Waals surface area (Å²) in [5.74, 6) is 0.162. The van der Waals surface area contributed by atoms with Crippen LogP contribution in [0.25, 0.3) is 12.2 Å². The minimum Gasteiger partial charge on any atom is -0.490 e. The van der Waals surface area contributed by atoms with Crippen molar-refractivity contribution in [1.82, 2.24) is 9.97 Å². The van der Waals surface area contributed by atoms with E-state index in [9.17, 15) is 20.0 Å². The molecule has 9 heteroatoms. The van der Waals surface area contributed by atoms with E-state index in [2.05, 4.69) is 9.97 Å². The first kappa shape index (κ1) is 20.6. The molecule has 0 aliphatic carbocycles. The summed E-state index contributed by atoms with van der Waals surface area (Å²) in [6.45, 7) is 2.70. The van der Waals surface area contributed by atoms with Crippen molar-refractivity contribution in [3.05, 3.63) is 86.0 Å². The van der Waals surface area contributed by atoms with Gasteiger partial charge in [0.15, 0.2) is 11.5 Å². The molecule has 0 unspecified atom stereocenters. The number of hydrogen-bond acceptors (Lipinski definition) is 7. The van der Waals surface area contributed by atoms with Crippen LogP contribution in [-0.4, -0.2) is 26.6 Å². The second kappa shape index (κ2) is 9.37. The van der Waals surface area contributed by atoms with E-state index in [4.69, 9.17) is 9.47 Å². The number of nitrogens with zero attached hydrogens (tertiary/aromatic N) is 2. The van der Waals surface area contributed by atoms with Crippen LogP contribution in [0, 0.1) is 10.1 Å². The lowest BCUT2D eigenvalue weighted by molar-refractivity contribution is -0.387. The van der Waals surface area contributed by atoms with E-state index in [1.807, 2.05) is 37.3 Å². The number of benzene rings is 2. The predicted octanol–water partition coefficient (Wildman–Crippen LogP) is 3.53. The number of nitrogens with one attached hydrogen (secondary N) is 1. The van der Waals surface area contributed by atoms with E-state index in [1.165, 1.54) is 6.08 Å². The van der Waals surface area contributed by atoms with E-state index >= 15 is 0 Å². The van der Waals surface area contributed by atoms with E-state index in [1.54, 1.807) is 24.3 Å². The Balaban J connectivity index is 1.80. The topological polar surface area (TPSA) is 128 Å². The van der Waals surface area contributed by atoms with Crippen LogP contribution >= 0.6 is 0 Å². The summed E-state index contributed by atoms with van der Waals surface area (Å²) < 4.78 is 11.5. The van der Waals surface area contributed by atoms with Gasteiger partial charge in [-0.25, -0.2) is 0 Å². The maximum Gasteiger partial charge on any atom is 0.395 e. The molecule has 0 saturated heterocycles. The van der Waals surface area contributed by atoms with Crippen LogP contribution in [0.5, 0.6) is 17.4 Å². The van der Waals surface area contributed by atoms with Crippen LogP contribution < -0.4 is 15.0 Å². The molecule has 1 heterocycles. The monoisotopic (exact) mass is 409 g/mol. The maximum absolute atomic E-state index is 11.7. The molecule has 2 N–H and O–H groups in total. The van der Waals surface area contributed by atoms with Gasteiger partial charge in [0.2, 0.25) is 0 Å². The predicted molar refractivity (Wildman–Crippen MR) is 110 cm³/mol. The van der Waals surface area contributed by atoms with Crippen LogP contribution in [-0.2, 0) is 6.61 Å². The normalized spacial score (nSPS) is 10.8. The number of ether oxygens (including phenoxy) is 2. The van der Waals surface area contributed by atoms with E-state index in [0.29, 0.717) is 30.3 Å². The Labute approximate surface area is 171 Å². The van der Waals surface area contributed by atoms with Crippen molar-refractivity contribution >= 4 is 17.8 Å². The van der Waals surface area contributed by atoms with Gasteiger partial charge in [0.25, 0.3) is 5.88 Å². The SMILES string of the molecule is CCOc1cc(/C=C/c2nc(O)c([N+](=O)[O-])c(=O)[nH]2)ccc1OCc1ccccc1. The molecule has 2 aromatic carbocycles. The first-order valence-electron chi connectivity index (χ1n) is 9.07. The second-order valence-corrected chi connectivity index (χ2v) is 6.13. The van der Waals surface area contributed by atoms with Crippen LogP contribution in [0.1, 0.15) is 23.9 Å². The third-order valence-corrected chi connectivity index (χ3v) is 4.02. The van der Waals surface area contributed by atoms with Crippen molar-refractivity contribution in [1.29, 1.82) is 0 Å². The second-order valence-electron chi connectivity index (χ2n) is 6.13. The Morgan fingerprint density at radius 2 is 1.90 bits per heavy atom. The molecule has 30 heavy (non-hydrogen) atoms. The smallest absolute Gasteiger partial charge is 0.395 e. The van der Waals surface area contributed by atoms with Gasteiger partial charge in [-0.05, 0) is 36.3 Å². The van der Waals surface area contributed by atoms with Gasteiger partial charge in [0.1, 0.15) is 12.4 Å². The highest BCUT2D eigenvalue weighted by Gasteiger charge is 2.21. The lowest BCUT2D eigenvalue weighted by Crippen LogP contribution is -2.14. The standard InChI is InChI=1S/C21H19N3O6/c1-2-29-17-12-14(8-10-16(17)30-13-15-6-4-3-5-7-15)9-11-18-22-20(25)19(24(27)28)21(26)23-18/h3-12H,2,13H2,1H3,(H2,22,23,25,26)/b11-9+. The van der Waals surface area contributed by atoms with Gasteiger partial charge in [-0.3, -0.25) is 14.9 Å². The molecule has 0 radical (unpaired) electrons. The van der Waals surface area contributed by atoms with Crippen LogP contribution in [0.15, 0.2) is 53.3 Å². The minimum absolute atomic E-state index is 0.0227. The largest absolute Gasteiger partial charge is 0.490 e. The van der Waals surface area contributed by atoms with Crippen molar-refractivity contribution in [2.45, 2.75) is 13.5 Å². The molecule has 0 spiro atoms. The van der Waals surface area contributed by atoms with Crippen molar-refractivity contribution in [3.63, 3.8) is 0 Å². The molecule has 9 nitrogen and oxygen atoms in total. The Morgan fingerprint density at radius 3 is 2.57 bits per heavy atom. The minimum atomic E-state index is -1.04. The van der Waals surface area contributed by atoms with E-state index < -0.39 is 22.0 Å². The van der Waals surface area contributed by atoms with Crippen LogP contribution in [0.3, 0.4) is 0 Å². The third kappa shape index (κ3) is 5.02. The summed E-state index contributed by atoms with van der Waals surface area (Å²) in [6.07, 6.45) is 3.04. The van der Waals surface area contributed by atoms with Crippen molar-refractivity contribution in [3.8, 4) is 17.4 Å². The molecule has 3 rings (SSSR count). The zero-order valence-electron chi connectivity index (χ0n) is 16.1. The Bertz CT molecular complexity index is 1130. The summed E-state index contributed by atoms with van der Waals surface area (Å²) in [5.41, 5.74) is -0.291. The Hall–Kier alpha value is -4.14. The van der Waals surface area contributed by atoms with Gasteiger partial charge in [0, 0.05) is 0 Å². The number of H-pyrrole nitrogens is 1. The van der Waals surface area contributed by atoms with Crippen molar-refractivity contribution in [2.75, 3.05) is 6.61 Å². The first-order chi connectivity index (χ1) is 14.5. The molecule has 0 bridgehead atoms. The molecule has 0 saturated carbocycles. The lowest BCUT2D eigenvalue weighted by Gasteiger charge is -2.12. The lowest BCUT2D eigenvalue weighted by atomic mass is 10.2. The summed E-state index contributed by atoms with van der Waals surface area (Å²) in [6, 6.07) is 15.0. The molecular formula is C21H19N3O6. The van der Waals surface area contributed by atoms with E-state index in [0.717, 1.165) is 5.56 Å². The quantitative estimate of drug-likeness (QED) is 0.430. The summed E-state index contributed by atoms with van der Waals surface area (Å²) in [5, 5.41) is 20.3. The fourth-order valence-electron chi connectivity index (χ4n) is 2.64. The molecule has 0 fully saturated rings. The fourth-order valence-corrected chi connectivity index (χ4v) is 2.64. The average Bonchev–Trinajstić information content (AvgIpc) is 2.72. The van der Waals surface area contributed by atoms with Gasteiger partial charge in [-0.1, -0.05) is 42.5 Å².